The van der Waals surface area contributed by atoms with Crippen LogP contribution < -0.4 is 5.32 Å². The van der Waals surface area contributed by atoms with Crippen molar-refractivity contribution in [2.24, 2.45) is 0 Å². The molecule has 1 aromatic heterocycles. The maximum absolute atomic E-state index is 12.1. The number of benzene rings is 1. The van der Waals surface area contributed by atoms with Gasteiger partial charge in [0.05, 0.1) is 0 Å². The number of nitrogens with one attached hydrogen (secondary N) is 1. The van der Waals surface area contributed by atoms with Crippen LogP contribution in [-0.2, 0) is 0 Å². The molecule has 0 atom stereocenters. The van der Waals surface area contributed by atoms with E-state index in [0.29, 0.717) is 9.87 Å². The van der Waals surface area contributed by atoms with Gasteiger partial charge in [-0.25, -0.2) is 19.1 Å². The molecule has 1 heterocycles. The Labute approximate surface area is 121 Å². The van der Waals surface area contributed by atoms with Crippen molar-refractivity contribution in [2.45, 2.75) is 6.92 Å². The molecule has 0 radical (unpaired) electrons. The zero-order valence-corrected chi connectivity index (χ0v) is 11.5. The molecule has 0 aliphatic rings. The van der Waals surface area contributed by atoms with Gasteiger partial charge in [0, 0.05) is 18.0 Å². The van der Waals surface area contributed by atoms with Crippen molar-refractivity contribution in [1.82, 2.24) is 14.3 Å². The number of hydrogen-bond donors (Lipinski definition) is 2. The highest BCUT2D eigenvalue weighted by Gasteiger charge is 2.21. The molecule has 2 aromatic rings. The lowest BCUT2D eigenvalue weighted by molar-refractivity contribution is 0.0901. The van der Waals surface area contributed by atoms with Crippen LogP contribution in [0.3, 0.4) is 0 Å². The molecule has 7 heteroatoms. The first-order valence-corrected chi connectivity index (χ1v) is 6.16. The van der Waals surface area contributed by atoms with Crippen LogP contribution in [0.15, 0.2) is 42.7 Å². The lowest BCUT2D eigenvalue weighted by atomic mass is 10.1. The van der Waals surface area contributed by atoms with Crippen LogP contribution in [0, 0.1) is 6.92 Å². The number of hydrogen-bond acceptors (Lipinski definition) is 5. The summed E-state index contributed by atoms with van der Waals surface area (Å²) in [6.07, 6.45) is 2.96. The quantitative estimate of drug-likeness (QED) is 0.831. The van der Waals surface area contributed by atoms with Gasteiger partial charge in [-0.3, -0.25) is 10.1 Å². The Morgan fingerprint density at radius 3 is 2.45 bits per heavy atom. The zero-order chi connectivity index (χ0) is 14.5. The molecular formula is C13H12N4O2S. The van der Waals surface area contributed by atoms with E-state index in [1.807, 2.05) is 6.07 Å². The number of aryl methyl sites for hydroxylation is 1. The van der Waals surface area contributed by atoms with Gasteiger partial charge < -0.3 is 0 Å². The number of urea groups is 1. The van der Waals surface area contributed by atoms with Crippen LogP contribution in [0.2, 0.25) is 0 Å². The molecule has 0 fully saturated rings. The average Bonchev–Trinajstić information content (AvgIpc) is 2.47. The number of amides is 3. The van der Waals surface area contributed by atoms with Crippen LogP contribution in [-0.4, -0.2) is 26.2 Å². The second kappa shape index (κ2) is 6.16. The Bertz CT molecular complexity index is 633. The zero-order valence-electron chi connectivity index (χ0n) is 10.6. The van der Waals surface area contributed by atoms with Crippen molar-refractivity contribution < 1.29 is 9.59 Å². The standard InChI is InChI=1S/C13H12N4O2S/c1-9-5-2-3-6-10(9)11(18)17(20)13(19)16-12-14-7-4-8-15-12/h2-8,20H,1H3,(H,14,15,16,19). The molecule has 102 valence electrons. The fourth-order valence-corrected chi connectivity index (χ4v) is 1.69. The summed E-state index contributed by atoms with van der Waals surface area (Å²) in [5, 5.41) is 2.38. The summed E-state index contributed by atoms with van der Waals surface area (Å²) in [7, 11) is 0. The lowest BCUT2D eigenvalue weighted by Gasteiger charge is -2.15. The molecule has 1 aromatic carbocycles. The Kier molecular flexibility index (Phi) is 4.31. The smallest absolute Gasteiger partial charge is 0.275 e. The molecule has 20 heavy (non-hydrogen) atoms. The Morgan fingerprint density at radius 2 is 1.80 bits per heavy atom. The summed E-state index contributed by atoms with van der Waals surface area (Å²) >= 11 is 3.93. The Morgan fingerprint density at radius 1 is 1.15 bits per heavy atom. The monoisotopic (exact) mass is 288 g/mol. The largest absolute Gasteiger partial charge is 0.341 e. The van der Waals surface area contributed by atoms with Gasteiger partial charge in [0.25, 0.3) is 5.91 Å². The van der Waals surface area contributed by atoms with Gasteiger partial charge >= 0.3 is 6.03 Å². The van der Waals surface area contributed by atoms with Crippen molar-refractivity contribution in [1.29, 1.82) is 0 Å². The predicted octanol–water partition coefficient (Wildman–Crippen LogP) is 2.30. The Balaban J connectivity index is 2.11. The lowest BCUT2D eigenvalue weighted by Crippen LogP contribution is -2.33. The van der Waals surface area contributed by atoms with Gasteiger partial charge in [0.1, 0.15) is 0 Å². The summed E-state index contributed by atoms with van der Waals surface area (Å²) in [5.74, 6) is -0.408. The SMILES string of the molecule is Cc1ccccc1C(=O)N(S)C(=O)Nc1ncccn1. The maximum atomic E-state index is 12.1. The summed E-state index contributed by atoms with van der Waals surface area (Å²) in [4.78, 5) is 31.7. The topological polar surface area (TPSA) is 75.2 Å². The molecule has 0 aliphatic carbocycles. The van der Waals surface area contributed by atoms with E-state index in [2.05, 4.69) is 28.1 Å². The van der Waals surface area contributed by atoms with E-state index in [4.69, 9.17) is 0 Å². The van der Waals surface area contributed by atoms with E-state index in [1.54, 1.807) is 31.2 Å². The van der Waals surface area contributed by atoms with Crippen molar-refractivity contribution >= 4 is 30.7 Å². The van der Waals surface area contributed by atoms with E-state index < -0.39 is 11.9 Å². The maximum Gasteiger partial charge on any atom is 0.341 e. The van der Waals surface area contributed by atoms with E-state index in [9.17, 15) is 9.59 Å². The first-order chi connectivity index (χ1) is 9.59. The third kappa shape index (κ3) is 3.12. The highest BCUT2D eigenvalue weighted by Crippen LogP contribution is 2.13. The number of anilines is 1. The number of rotatable bonds is 2. The van der Waals surface area contributed by atoms with Gasteiger partial charge in [-0.05, 0) is 24.6 Å². The highest BCUT2D eigenvalue weighted by atomic mass is 32.1. The number of aromatic nitrogens is 2. The minimum Gasteiger partial charge on any atom is -0.275 e. The normalized spacial score (nSPS) is 9.90. The fraction of sp³-hybridized carbons (Fsp3) is 0.0769. The molecule has 0 saturated carbocycles. The molecule has 0 spiro atoms. The molecule has 2 rings (SSSR count). The molecule has 0 aliphatic heterocycles. The van der Waals surface area contributed by atoms with Crippen LogP contribution in [0.4, 0.5) is 10.7 Å². The summed E-state index contributed by atoms with van der Waals surface area (Å²) in [6, 6.07) is 7.85. The number of carbonyl (C=O) groups excluding carboxylic acids is 2. The van der Waals surface area contributed by atoms with Crippen molar-refractivity contribution in [3.8, 4) is 0 Å². The second-order valence-electron chi connectivity index (χ2n) is 3.93. The first kappa shape index (κ1) is 14.0. The van der Waals surface area contributed by atoms with Crippen molar-refractivity contribution in [3.05, 3.63) is 53.9 Å². The third-order valence-corrected chi connectivity index (χ3v) is 2.91. The third-order valence-electron chi connectivity index (χ3n) is 2.54. The van der Waals surface area contributed by atoms with Crippen molar-refractivity contribution in [2.75, 3.05) is 5.32 Å². The molecule has 6 nitrogen and oxygen atoms in total. The van der Waals surface area contributed by atoms with E-state index in [1.165, 1.54) is 12.4 Å². The first-order valence-electron chi connectivity index (χ1n) is 5.76. The van der Waals surface area contributed by atoms with Crippen LogP contribution >= 0.6 is 12.8 Å². The summed E-state index contributed by atoms with van der Waals surface area (Å²) < 4.78 is 0.693. The van der Waals surface area contributed by atoms with Gasteiger partial charge in [0.2, 0.25) is 5.95 Å². The molecular weight excluding hydrogens is 276 g/mol. The highest BCUT2D eigenvalue weighted by molar-refractivity contribution is 7.79. The number of carbonyl (C=O) groups is 2. The minimum absolute atomic E-state index is 0.106. The van der Waals surface area contributed by atoms with E-state index >= 15 is 0 Å². The fourth-order valence-electron chi connectivity index (χ4n) is 1.53. The predicted molar refractivity (Wildman–Crippen MR) is 77.4 cm³/mol. The average molecular weight is 288 g/mol. The van der Waals surface area contributed by atoms with Gasteiger partial charge in [0.15, 0.2) is 0 Å². The van der Waals surface area contributed by atoms with Crippen molar-refractivity contribution in [3.63, 3.8) is 0 Å². The van der Waals surface area contributed by atoms with Crippen LogP contribution in [0.25, 0.3) is 0 Å². The summed E-state index contributed by atoms with van der Waals surface area (Å²) in [5.41, 5.74) is 1.17. The Hall–Kier alpha value is -2.41. The van der Waals surface area contributed by atoms with Gasteiger partial charge in [-0.2, -0.15) is 0 Å². The number of thiol groups is 1. The second-order valence-corrected chi connectivity index (χ2v) is 4.33. The molecule has 1 N–H and O–H groups in total. The van der Waals surface area contributed by atoms with Gasteiger partial charge in [-0.15, -0.1) is 0 Å². The summed E-state index contributed by atoms with van der Waals surface area (Å²) in [6.45, 7) is 1.78. The van der Waals surface area contributed by atoms with Gasteiger partial charge in [-0.1, -0.05) is 31.0 Å². The van der Waals surface area contributed by atoms with E-state index in [-0.39, 0.29) is 5.95 Å². The minimum atomic E-state index is -0.715. The molecule has 0 bridgehead atoms. The molecule has 0 unspecified atom stereocenters. The number of imide groups is 1. The van der Waals surface area contributed by atoms with E-state index in [0.717, 1.165) is 5.56 Å². The van der Waals surface area contributed by atoms with Crippen LogP contribution in [0.5, 0.6) is 0 Å². The molecule has 0 saturated heterocycles. The number of nitrogens with zero attached hydrogens (tertiary/aromatic N) is 3. The molecule has 3 amide bonds. The van der Waals surface area contributed by atoms with Crippen LogP contribution in [0.1, 0.15) is 15.9 Å².